The minimum atomic E-state index is -0.218. The van der Waals surface area contributed by atoms with Crippen LogP contribution in [0.2, 0.25) is 0 Å². The fraction of sp³-hybridized carbons (Fsp3) is 0.0625. The molecule has 0 radical (unpaired) electrons. The summed E-state index contributed by atoms with van der Waals surface area (Å²) in [7, 11) is 0. The van der Waals surface area contributed by atoms with Gasteiger partial charge in [0.2, 0.25) is 0 Å². The van der Waals surface area contributed by atoms with E-state index in [2.05, 4.69) is 55.8 Å². The Kier molecular flexibility index (Phi) is 4.40. The fourth-order valence-electron chi connectivity index (χ4n) is 2.12. The quantitative estimate of drug-likeness (QED) is 0.501. The molecule has 3 aromatic rings. The van der Waals surface area contributed by atoms with Crippen LogP contribution in [0.4, 0.5) is 4.39 Å². The Bertz CT molecular complexity index is 785. The zero-order valence-corrected chi connectivity index (χ0v) is 14.7. The molecule has 0 aliphatic carbocycles. The summed E-state index contributed by atoms with van der Waals surface area (Å²) in [6.45, 7) is 0.411. The Morgan fingerprint density at radius 3 is 2.81 bits per heavy atom. The van der Waals surface area contributed by atoms with Gasteiger partial charge < -0.3 is 0 Å². The van der Waals surface area contributed by atoms with Gasteiger partial charge in [-0.3, -0.25) is 4.68 Å². The molecule has 0 saturated carbocycles. The molecule has 0 spiro atoms. The highest BCUT2D eigenvalue weighted by Gasteiger charge is 2.08. The summed E-state index contributed by atoms with van der Waals surface area (Å²) < 4.78 is 17.6. The van der Waals surface area contributed by atoms with Crippen molar-refractivity contribution in [2.24, 2.45) is 0 Å². The van der Waals surface area contributed by atoms with Crippen LogP contribution < -0.4 is 0 Å². The van der Waals surface area contributed by atoms with Crippen molar-refractivity contribution >= 4 is 38.5 Å². The standard InChI is InChI=1S/C16H11BrFIN2/c17-13-5-6-15(18)11(7-13)9-21-10-12(8-20-21)14-3-1-2-4-16(14)19/h1-8,10H,9H2. The Morgan fingerprint density at radius 2 is 2.00 bits per heavy atom. The highest BCUT2D eigenvalue weighted by molar-refractivity contribution is 14.1. The Balaban J connectivity index is 1.89. The molecule has 0 fully saturated rings. The molecular weight excluding hydrogens is 446 g/mol. The first-order chi connectivity index (χ1) is 10.1. The average Bonchev–Trinajstić information content (AvgIpc) is 2.92. The predicted octanol–water partition coefficient (Wildman–Crippen LogP) is 5.10. The topological polar surface area (TPSA) is 17.8 Å². The Labute approximate surface area is 144 Å². The van der Waals surface area contributed by atoms with Crippen LogP contribution in [0, 0.1) is 9.39 Å². The minimum Gasteiger partial charge on any atom is -0.268 e. The first-order valence-corrected chi connectivity index (χ1v) is 8.22. The van der Waals surface area contributed by atoms with Crippen molar-refractivity contribution in [3.63, 3.8) is 0 Å². The third kappa shape index (κ3) is 3.35. The van der Waals surface area contributed by atoms with Crippen LogP contribution in [0.25, 0.3) is 11.1 Å². The molecule has 21 heavy (non-hydrogen) atoms. The molecule has 0 atom stereocenters. The summed E-state index contributed by atoms with van der Waals surface area (Å²) in [6.07, 6.45) is 3.76. The van der Waals surface area contributed by atoms with Gasteiger partial charge in [0.15, 0.2) is 0 Å². The monoisotopic (exact) mass is 456 g/mol. The van der Waals surface area contributed by atoms with E-state index in [1.165, 1.54) is 9.64 Å². The number of rotatable bonds is 3. The van der Waals surface area contributed by atoms with Crippen molar-refractivity contribution in [3.05, 3.63) is 74.3 Å². The minimum absolute atomic E-state index is 0.218. The van der Waals surface area contributed by atoms with Crippen molar-refractivity contribution in [2.75, 3.05) is 0 Å². The summed E-state index contributed by atoms with van der Waals surface area (Å²) in [4.78, 5) is 0. The Morgan fingerprint density at radius 1 is 1.19 bits per heavy atom. The lowest BCUT2D eigenvalue weighted by atomic mass is 10.1. The first kappa shape index (κ1) is 14.7. The van der Waals surface area contributed by atoms with Crippen LogP contribution in [0.5, 0.6) is 0 Å². The van der Waals surface area contributed by atoms with E-state index >= 15 is 0 Å². The van der Waals surface area contributed by atoms with Crippen LogP contribution in [0.15, 0.2) is 59.3 Å². The van der Waals surface area contributed by atoms with E-state index in [-0.39, 0.29) is 5.82 Å². The molecule has 0 saturated heterocycles. The summed E-state index contributed by atoms with van der Waals surface area (Å²) in [6, 6.07) is 13.1. The van der Waals surface area contributed by atoms with Crippen molar-refractivity contribution in [2.45, 2.75) is 6.54 Å². The molecule has 106 valence electrons. The highest BCUT2D eigenvalue weighted by atomic mass is 127. The largest absolute Gasteiger partial charge is 0.268 e. The molecule has 0 unspecified atom stereocenters. The highest BCUT2D eigenvalue weighted by Crippen LogP contribution is 2.25. The maximum absolute atomic E-state index is 13.8. The van der Waals surface area contributed by atoms with Gasteiger partial charge in [0.1, 0.15) is 5.82 Å². The van der Waals surface area contributed by atoms with Gasteiger partial charge >= 0.3 is 0 Å². The van der Waals surface area contributed by atoms with Crippen LogP contribution in [-0.2, 0) is 6.54 Å². The van der Waals surface area contributed by atoms with Crippen LogP contribution in [0.3, 0.4) is 0 Å². The molecular formula is C16H11BrFIN2. The predicted molar refractivity (Wildman–Crippen MR) is 93.6 cm³/mol. The Hall–Kier alpha value is -1.21. The van der Waals surface area contributed by atoms with Crippen molar-refractivity contribution in [3.8, 4) is 11.1 Å². The number of hydrogen-bond acceptors (Lipinski definition) is 1. The summed E-state index contributed by atoms with van der Waals surface area (Å²) >= 11 is 5.67. The van der Waals surface area contributed by atoms with E-state index in [9.17, 15) is 4.39 Å². The van der Waals surface area contributed by atoms with Gasteiger partial charge in [-0.05, 0) is 52.4 Å². The van der Waals surface area contributed by atoms with Gasteiger partial charge in [-0.1, -0.05) is 34.1 Å². The van der Waals surface area contributed by atoms with Crippen LogP contribution >= 0.6 is 38.5 Å². The van der Waals surface area contributed by atoms with E-state index in [0.717, 1.165) is 15.6 Å². The smallest absolute Gasteiger partial charge is 0.128 e. The van der Waals surface area contributed by atoms with Gasteiger partial charge in [-0.15, -0.1) is 0 Å². The van der Waals surface area contributed by atoms with Crippen LogP contribution in [-0.4, -0.2) is 9.78 Å². The lowest BCUT2D eigenvalue weighted by Gasteiger charge is -2.04. The molecule has 0 N–H and O–H groups in total. The second-order valence-corrected chi connectivity index (χ2v) is 6.72. The first-order valence-electron chi connectivity index (χ1n) is 6.35. The van der Waals surface area contributed by atoms with Gasteiger partial charge in [-0.25, -0.2) is 4.39 Å². The molecule has 5 heteroatoms. The summed E-state index contributed by atoms with van der Waals surface area (Å²) in [5.74, 6) is -0.218. The third-order valence-corrected chi connectivity index (χ3v) is 4.59. The second-order valence-electron chi connectivity index (χ2n) is 4.64. The molecule has 3 rings (SSSR count). The number of hydrogen-bond donors (Lipinski definition) is 0. The van der Waals surface area contributed by atoms with E-state index in [0.29, 0.717) is 12.1 Å². The number of nitrogens with zero attached hydrogens (tertiary/aromatic N) is 2. The normalized spacial score (nSPS) is 10.8. The SMILES string of the molecule is Fc1ccc(Br)cc1Cn1cc(-c2ccccc2I)cn1. The number of halogens is 3. The lowest BCUT2D eigenvalue weighted by molar-refractivity contribution is 0.585. The summed E-state index contributed by atoms with van der Waals surface area (Å²) in [5.41, 5.74) is 2.79. The lowest BCUT2D eigenvalue weighted by Crippen LogP contribution is -2.02. The third-order valence-electron chi connectivity index (χ3n) is 3.16. The second kappa shape index (κ2) is 6.27. The number of benzene rings is 2. The molecule has 0 amide bonds. The molecule has 0 bridgehead atoms. The molecule has 0 aliphatic rings. The number of aromatic nitrogens is 2. The molecule has 2 aromatic carbocycles. The molecule has 0 aliphatic heterocycles. The molecule has 2 nitrogen and oxygen atoms in total. The zero-order chi connectivity index (χ0) is 14.8. The van der Waals surface area contributed by atoms with E-state index in [1.807, 2.05) is 24.5 Å². The van der Waals surface area contributed by atoms with Crippen molar-refractivity contribution in [1.29, 1.82) is 0 Å². The summed E-state index contributed by atoms with van der Waals surface area (Å²) in [5, 5.41) is 4.33. The zero-order valence-electron chi connectivity index (χ0n) is 10.9. The average molecular weight is 457 g/mol. The van der Waals surface area contributed by atoms with Gasteiger partial charge in [0.05, 0.1) is 12.7 Å². The molecule has 1 heterocycles. The molecule has 1 aromatic heterocycles. The van der Waals surface area contributed by atoms with Gasteiger partial charge in [0.25, 0.3) is 0 Å². The maximum atomic E-state index is 13.8. The van der Waals surface area contributed by atoms with E-state index in [4.69, 9.17) is 0 Å². The maximum Gasteiger partial charge on any atom is 0.128 e. The van der Waals surface area contributed by atoms with Crippen molar-refractivity contribution in [1.82, 2.24) is 9.78 Å². The van der Waals surface area contributed by atoms with Gasteiger partial charge in [0, 0.05) is 25.4 Å². The van der Waals surface area contributed by atoms with Crippen LogP contribution in [0.1, 0.15) is 5.56 Å². The van der Waals surface area contributed by atoms with Crippen molar-refractivity contribution < 1.29 is 4.39 Å². The van der Waals surface area contributed by atoms with Gasteiger partial charge in [-0.2, -0.15) is 5.10 Å². The fourth-order valence-corrected chi connectivity index (χ4v) is 3.23. The van der Waals surface area contributed by atoms with E-state index < -0.39 is 0 Å². The van der Waals surface area contributed by atoms with E-state index in [1.54, 1.807) is 16.8 Å².